The molecule has 0 aliphatic rings. The van der Waals surface area contributed by atoms with Crippen LogP contribution in [0.25, 0.3) is 16.8 Å². The smallest absolute Gasteiger partial charge is 0.277 e. The van der Waals surface area contributed by atoms with Gasteiger partial charge in [-0.2, -0.15) is 0 Å². The number of nitrogens with two attached hydrogens (primary N) is 1. The van der Waals surface area contributed by atoms with Crippen LogP contribution in [0.3, 0.4) is 0 Å². The topological polar surface area (TPSA) is 60.0 Å². The van der Waals surface area contributed by atoms with E-state index in [4.69, 9.17) is 5.84 Å². The van der Waals surface area contributed by atoms with Crippen molar-refractivity contribution in [3.05, 3.63) is 65.1 Å². The summed E-state index contributed by atoms with van der Waals surface area (Å²) in [5.74, 6) is 5.00. The highest BCUT2D eigenvalue weighted by molar-refractivity contribution is 7.13. The fourth-order valence-corrected chi connectivity index (χ4v) is 3.12. The summed E-state index contributed by atoms with van der Waals surface area (Å²) >= 11 is 1.39. The van der Waals surface area contributed by atoms with E-state index < -0.39 is 0 Å². The molecule has 1 aromatic carbocycles. The molecule has 100 valence electrons. The van der Waals surface area contributed by atoms with Gasteiger partial charge in [0.05, 0.1) is 5.69 Å². The third-order valence-corrected chi connectivity index (χ3v) is 4.02. The average Bonchev–Trinajstić information content (AvgIpc) is 3.15. The van der Waals surface area contributed by atoms with Crippen LogP contribution in [-0.4, -0.2) is 10.5 Å². The minimum atomic E-state index is -0.277. The van der Waals surface area contributed by atoms with Crippen molar-refractivity contribution >= 4 is 17.2 Å². The second-order valence-corrected chi connectivity index (χ2v) is 5.14. The molecule has 0 bridgehead atoms. The molecule has 0 saturated heterocycles. The summed E-state index contributed by atoms with van der Waals surface area (Å²) in [5.41, 5.74) is 5.15. The predicted molar refractivity (Wildman–Crippen MR) is 80.7 cm³/mol. The predicted octanol–water partition coefficient (Wildman–Crippen LogP) is 2.81. The van der Waals surface area contributed by atoms with E-state index in [1.54, 1.807) is 0 Å². The van der Waals surface area contributed by atoms with Crippen molar-refractivity contribution in [3.8, 4) is 16.8 Å². The first kappa shape index (κ1) is 12.7. The summed E-state index contributed by atoms with van der Waals surface area (Å²) in [6.45, 7) is 0. The normalized spacial score (nSPS) is 10.4. The maximum absolute atomic E-state index is 11.9. The lowest BCUT2D eigenvalue weighted by atomic mass is 10.1. The molecular weight excluding hydrogens is 270 g/mol. The quantitative estimate of drug-likeness (QED) is 0.441. The molecule has 4 nitrogen and oxygen atoms in total. The van der Waals surface area contributed by atoms with Gasteiger partial charge >= 0.3 is 0 Å². The zero-order chi connectivity index (χ0) is 13.9. The highest BCUT2D eigenvalue weighted by Gasteiger charge is 2.19. The van der Waals surface area contributed by atoms with E-state index in [-0.39, 0.29) is 5.91 Å². The lowest BCUT2D eigenvalue weighted by Gasteiger charge is -2.08. The minimum Gasteiger partial charge on any atom is -0.322 e. The van der Waals surface area contributed by atoms with Crippen LogP contribution in [0, 0.1) is 0 Å². The molecule has 0 aliphatic carbocycles. The number of aromatic nitrogens is 1. The zero-order valence-electron chi connectivity index (χ0n) is 10.6. The van der Waals surface area contributed by atoms with E-state index in [1.807, 2.05) is 64.8 Å². The Balaban J connectivity index is 2.22. The lowest BCUT2D eigenvalue weighted by Crippen LogP contribution is -2.30. The van der Waals surface area contributed by atoms with Gasteiger partial charge in [-0.3, -0.25) is 10.2 Å². The van der Waals surface area contributed by atoms with Crippen molar-refractivity contribution in [3.63, 3.8) is 0 Å². The van der Waals surface area contributed by atoms with Crippen LogP contribution < -0.4 is 11.3 Å². The summed E-state index contributed by atoms with van der Waals surface area (Å²) in [4.78, 5) is 12.5. The largest absolute Gasteiger partial charge is 0.322 e. The maximum Gasteiger partial charge on any atom is 0.277 e. The van der Waals surface area contributed by atoms with Gasteiger partial charge in [-0.1, -0.05) is 30.3 Å². The Hall–Kier alpha value is -2.37. The number of carbonyl (C=O) groups excluding carboxylic acids is 1. The van der Waals surface area contributed by atoms with Crippen molar-refractivity contribution in [1.29, 1.82) is 0 Å². The van der Waals surface area contributed by atoms with Gasteiger partial charge in [-0.05, 0) is 17.7 Å². The van der Waals surface area contributed by atoms with Crippen LogP contribution in [0.4, 0.5) is 0 Å². The van der Waals surface area contributed by atoms with Crippen LogP contribution in [0.2, 0.25) is 0 Å². The Bertz CT molecular complexity index is 717. The van der Waals surface area contributed by atoms with Gasteiger partial charge in [0.1, 0.15) is 4.88 Å². The maximum atomic E-state index is 11.9. The number of hydrogen-bond acceptors (Lipinski definition) is 3. The van der Waals surface area contributed by atoms with Gasteiger partial charge < -0.3 is 4.57 Å². The Morgan fingerprint density at radius 2 is 1.80 bits per heavy atom. The molecule has 1 amide bonds. The Morgan fingerprint density at radius 3 is 2.45 bits per heavy atom. The van der Waals surface area contributed by atoms with Crippen LogP contribution in [0.5, 0.6) is 0 Å². The fraction of sp³-hybridized carbons (Fsp3) is 0. The van der Waals surface area contributed by atoms with Gasteiger partial charge in [0.25, 0.3) is 5.91 Å². The van der Waals surface area contributed by atoms with E-state index in [0.717, 1.165) is 16.8 Å². The van der Waals surface area contributed by atoms with Gasteiger partial charge in [0.15, 0.2) is 0 Å². The molecular formula is C15H13N3OS. The Kier molecular flexibility index (Phi) is 3.37. The van der Waals surface area contributed by atoms with Gasteiger partial charge in [0, 0.05) is 23.3 Å². The standard InChI is InChI=1S/C15H13N3OS/c16-17-15(19)14-13(18-8-4-5-9-18)12(10-20-14)11-6-2-1-3-7-11/h1-10H,16H2,(H,17,19). The van der Waals surface area contributed by atoms with E-state index in [2.05, 4.69) is 5.43 Å². The second-order valence-electron chi connectivity index (χ2n) is 4.26. The number of thiophene rings is 1. The SMILES string of the molecule is NNC(=O)c1scc(-c2ccccc2)c1-n1cccc1. The van der Waals surface area contributed by atoms with Crippen LogP contribution in [0.15, 0.2) is 60.2 Å². The molecule has 3 rings (SSSR count). The van der Waals surface area contributed by atoms with Gasteiger partial charge in [0.2, 0.25) is 0 Å². The number of nitrogen functional groups attached to an aromatic ring is 1. The molecule has 3 aromatic rings. The van der Waals surface area contributed by atoms with Crippen molar-refractivity contribution in [2.24, 2.45) is 5.84 Å². The van der Waals surface area contributed by atoms with Crippen LogP contribution in [-0.2, 0) is 0 Å². The summed E-state index contributed by atoms with van der Waals surface area (Å²) < 4.78 is 1.93. The number of benzene rings is 1. The first-order chi connectivity index (χ1) is 9.81. The van der Waals surface area contributed by atoms with Gasteiger partial charge in [-0.25, -0.2) is 5.84 Å². The second kappa shape index (κ2) is 5.32. The average molecular weight is 283 g/mol. The molecule has 3 N–H and O–H groups in total. The van der Waals surface area contributed by atoms with Crippen molar-refractivity contribution in [2.75, 3.05) is 0 Å². The molecule has 0 radical (unpaired) electrons. The van der Waals surface area contributed by atoms with Crippen LogP contribution >= 0.6 is 11.3 Å². The number of amides is 1. The van der Waals surface area contributed by atoms with Crippen LogP contribution in [0.1, 0.15) is 9.67 Å². The summed E-state index contributed by atoms with van der Waals surface area (Å²) in [5, 5.41) is 1.98. The van der Waals surface area contributed by atoms with E-state index >= 15 is 0 Å². The number of carbonyl (C=O) groups is 1. The number of rotatable bonds is 3. The molecule has 0 spiro atoms. The molecule has 20 heavy (non-hydrogen) atoms. The number of hydrogen-bond donors (Lipinski definition) is 2. The summed E-state index contributed by atoms with van der Waals surface area (Å²) in [6, 6.07) is 13.8. The Labute approximate surface area is 120 Å². The highest BCUT2D eigenvalue weighted by atomic mass is 32.1. The van der Waals surface area contributed by atoms with Gasteiger partial charge in [-0.15, -0.1) is 11.3 Å². The molecule has 2 aromatic heterocycles. The van der Waals surface area contributed by atoms with E-state index in [9.17, 15) is 4.79 Å². The molecule has 0 atom stereocenters. The number of nitrogens with one attached hydrogen (secondary N) is 1. The number of nitrogens with zero attached hydrogens (tertiary/aromatic N) is 1. The highest BCUT2D eigenvalue weighted by Crippen LogP contribution is 2.34. The third-order valence-electron chi connectivity index (χ3n) is 3.05. The monoisotopic (exact) mass is 283 g/mol. The zero-order valence-corrected chi connectivity index (χ0v) is 11.4. The molecule has 2 heterocycles. The van der Waals surface area contributed by atoms with E-state index in [0.29, 0.717) is 4.88 Å². The fourth-order valence-electron chi connectivity index (χ4n) is 2.14. The molecule has 0 aliphatic heterocycles. The summed E-state index contributed by atoms with van der Waals surface area (Å²) in [7, 11) is 0. The van der Waals surface area contributed by atoms with E-state index in [1.165, 1.54) is 11.3 Å². The molecule has 0 unspecified atom stereocenters. The molecule has 0 fully saturated rings. The third kappa shape index (κ3) is 2.13. The Morgan fingerprint density at radius 1 is 1.10 bits per heavy atom. The first-order valence-electron chi connectivity index (χ1n) is 6.12. The van der Waals surface area contributed by atoms with Crippen molar-refractivity contribution in [2.45, 2.75) is 0 Å². The van der Waals surface area contributed by atoms with Crippen molar-refractivity contribution in [1.82, 2.24) is 9.99 Å². The first-order valence-corrected chi connectivity index (χ1v) is 7.00. The van der Waals surface area contributed by atoms with Crippen molar-refractivity contribution < 1.29 is 4.79 Å². The molecule has 0 saturated carbocycles. The minimum absolute atomic E-state index is 0.277. The number of hydrazine groups is 1. The summed E-state index contributed by atoms with van der Waals surface area (Å²) in [6.07, 6.45) is 3.84. The lowest BCUT2D eigenvalue weighted by molar-refractivity contribution is 0.0957. The molecule has 5 heteroatoms.